The molecule has 1 aliphatic rings. The lowest BCUT2D eigenvalue weighted by molar-refractivity contribution is -0.137. The number of hydrogen-bond donors (Lipinski definition) is 1. The van der Waals surface area contributed by atoms with Gasteiger partial charge in [0, 0.05) is 17.3 Å². The van der Waals surface area contributed by atoms with Gasteiger partial charge in [-0.15, -0.1) is 0 Å². The first kappa shape index (κ1) is 18.2. The fourth-order valence-electron chi connectivity index (χ4n) is 3.42. The molecule has 0 radical (unpaired) electrons. The van der Waals surface area contributed by atoms with E-state index in [9.17, 15) is 13.2 Å². The van der Waals surface area contributed by atoms with E-state index in [4.69, 9.17) is 15.2 Å². The Labute approximate surface area is 167 Å². The standard InChI is InChI=1S/C20H14F3N5O2/c1-10-18(12-6-13(20(21,22)23)19(24)25-8-12)28-17(26-10)5-3-14(27-28)11-2-4-15-16(7-11)30-9-29-15/h2-8H,9H2,1H3,(H2,24,25). The molecular formula is C20H14F3N5O2. The Hall–Kier alpha value is -3.82. The molecule has 0 saturated carbocycles. The van der Waals surface area contributed by atoms with Crippen molar-refractivity contribution in [3.63, 3.8) is 0 Å². The fourth-order valence-corrected chi connectivity index (χ4v) is 3.42. The first-order valence-corrected chi connectivity index (χ1v) is 8.91. The Morgan fingerprint density at radius 2 is 1.83 bits per heavy atom. The molecule has 10 heteroatoms. The van der Waals surface area contributed by atoms with Crippen LogP contribution in [0.4, 0.5) is 19.0 Å². The van der Waals surface area contributed by atoms with Crippen molar-refractivity contribution in [2.75, 3.05) is 12.5 Å². The van der Waals surface area contributed by atoms with Crippen LogP contribution in [0.15, 0.2) is 42.6 Å². The summed E-state index contributed by atoms with van der Waals surface area (Å²) >= 11 is 0. The number of imidazole rings is 1. The van der Waals surface area contributed by atoms with Crippen LogP contribution >= 0.6 is 0 Å². The summed E-state index contributed by atoms with van der Waals surface area (Å²) in [5.74, 6) is 0.673. The molecule has 0 aliphatic carbocycles. The van der Waals surface area contributed by atoms with Gasteiger partial charge in [-0.2, -0.15) is 18.3 Å². The van der Waals surface area contributed by atoms with Crippen molar-refractivity contribution >= 4 is 11.5 Å². The summed E-state index contributed by atoms with van der Waals surface area (Å²) in [5.41, 5.74) is 7.44. The molecule has 7 nitrogen and oxygen atoms in total. The molecular weight excluding hydrogens is 399 g/mol. The number of fused-ring (bicyclic) bond motifs is 2. The number of alkyl halides is 3. The van der Waals surface area contributed by atoms with E-state index in [0.29, 0.717) is 34.2 Å². The molecule has 5 rings (SSSR count). The zero-order valence-electron chi connectivity index (χ0n) is 15.6. The second-order valence-corrected chi connectivity index (χ2v) is 6.76. The highest BCUT2D eigenvalue weighted by Crippen LogP contribution is 2.37. The van der Waals surface area contributed by atoms with E-state index in [1.165, 1.54) is 10.7 Å². The first-order chi connectivity index (χ1) is 14.3. The molecule has 1 aromatic carbocycles. The predicted molar refractivity (Wildman–Crippen MR) is 102 cm³/mol. The quantitative estimate of drug-likeness (QED) is 0.533. The number of ether oxygens (including phenoxy) is 2. The lowest BCUT2D eigenvalue weighted by atomic mass is 10.1. The number of nitrogen functional groups attached to an aromatic ring is 1. The van der Waals surface area contributed by atoms with Crippen molar-refractivity contribution in [2.24, 2.45) is 0 Å². The maximum absolute atomic E-state index is 13.3. The molecule has 1 aliphatic heterocycles. The number of rotatable bonds is 2. The molecule has 0 atom stereocenters. The van der Waals surface area contributed by atoms with Gasteiger partial charge in [0.05, 0.1) is 22.6 Å². The number of nitrogens with two attached hydrogens (primary N) is 1. The average molecular weight is 413 g/mol. The minimum atomic E-state index is -4.62. The molecule has 30 heavy (non-hydrogen) atoms. The third-order valence-electron chi connectivity index (χ3n) is 4.82. The van der Waals surface area contributed by atoms with E-state index in [1.807, 2.05) is 6.07 Å². The van der Waals surface area contributed by atoms with E-state index in [1.54, 1.807) is 31.2 Å². The number of aryl methyl sites for hydroxylation is 1. The van der Waals surface area contributed by atoms with Gasteiger partial charge in [0.2, 0.25) is 6.79 Å². The van der Waals surface area contributed by atoms with E-state index >= 15 is 0 Å². The Morgan fingerprint density at radius 3 is 2.63 bits per heavy atom. The summed E-state index contributed by atoms with van der Waals surface area (Å²) < 4.78 is 52.1. The Balaban J connectivity index is 1.67. The summed E-state index contributed by atoms with van der Waals surface area (Å²) in [7, 11) is 0. The first-order valence-electron chi connectivity index (χ1n) is 8.91. The average Bonchev–Trinajstić information content (AvgIpc) is 3.29. The minimum absolute atomic E-state index is 0.155. The Morgan fingerprint density at radius 1 is 1.03 bits per heavy atom. The van der Waals surface area contributed by atoms with Gasteiger partial charge in [0.1, 0.15) is 5.82 Å². The van der Waals surface area contributed by atoms with Gasteiger partial charge in [-0.1, -0.05) is 0 Å². The smallest absolute Gasteiger partial charge is 0.419 e. The molecule has 0 unspecified atom stereocenters. The second-order valence-electron chi connectivity index (χ2n) is 6.76. The van der Waals surface area contributed by atoms with Gasteiger partial charge in [0.25, 0.3) is 0 Å². The third-order valence-corrected chi connectivity index (χ3v) is 4.82. The molecule has 0 bridgehead atoms. The fraction of sp³-hybridized carbons (Fsp3) is 0.150. The number of hydrogen-bond acceptors (Lipinski definition) is 6. The number of benzene rings is 1. The largest absolute Gasteiger partial charge is 0.454 e. The third kappa shape index (κ3) is 2.88. The van der Waals surface area contributed by atoms with Crippen LogP contribution in [-0.4, -0.2) is 26.4 Å². The number of nitrogens with zero attached hydrogens (tertiary/aromatic N) is 4. The van der Waals surface area contributed by atoms with Crippen LogP contribution in [0.25, 0.3) is 28.2 Å². The monoisotopic (exact) mass is 413 g/mol. The zero-order valence-corrected chi connectivity index (χ0v) is 15.6. The van der Waals surface area contributed by atoms with Gasteiger partial charge >= 0.3 is 6.18 Å². The number of aromatic nitrogens is 4. The molecule has 0 saturated heterocycles. The molecule has 2 N–H and O–H groups in total. The minimum Gasteiger partial charge on any atom is -0.454 e. The van der Waals surface area contributed by atoms with Crippen LogP contribution in [0, 0.1) is 6.92 Å². The van der Waals surface area contributed by atoms with Crippen molar-refractivity contribution in [3.8, 4) is 34.0 Å². The Kier molecular flexibility index (Phi) is 3.85. The summed E-state index contributed by atoms with van der Waals surface area (Å²) in [4.78, 5) is 8.14. The van der Waals surface area contributed by atoms with E-state index in [0.717, 1.165) is 11.6 Å². The molecule has 0 spiro atoms. The molecule has 4 heterocycles. The van der Waals surface area contributed by atoms with Crippen LogP contribution < -0.4 is 15.2 Å². The van der Waals surface area contributed by atoms with Crippen LogP contribution in [0.2, 0.25) is 0 Å². The van der Waals surface area contributed by atoms with Gasteiger partial charge in [-0.3, -0.25) is 0 Å². The highest BCUT2D eigenvalue weighted by Gasteiger charge is 2.34. The summed E-state index contributed by atoms with van der Waals surface area (Å²) in [6.07, 6.45) is -3.33. The molecule has 0 amide bonds. The van der Waals surface area contributed by atoms with Crippen molar-refractivity contribution in [2.45, 2.75) is 13.1 Å². The molecule has 4 aromatic rings. The van der Waals surface area contributed by atoms with Gasteiger partial charge in [-0.25, -0.2) is 14.5 Å². The van der Waals surface area contributed by atoms with Crippen molar-refractivity contribution in [1.29, 1.82) is 0 Å². The SMILES string of the molecule is Cc1nc2ccc(-c3ccc4c(c3)OCO4)nn2c1-c1cnc(N)c(C(F)(F)F)c1. The maximum Gasteiger partial charge on any atom is 0.419 e. The summed E-state index contributed by atoms with van der Waals surface area (Å²) in [6.45, 7) is 1.86. The van der Waals surface area contributed by atoms with E-state index in [-0.39, 0.29) is 12.4 Å². The number of anilines is 1. The summed E-state index contributed by atoms with van der Waals surface area (Å²) in [5, 5.41) is 4.60. The van der Waals surface area contributed by atoms with Gasteiger partial charge < -0.3 is 15.2 Å². The maximum atomic E-state index is 13.3. The lowest BCUT2D eigenvalue weighted by Crippen LogP contribution is -2.11. The number of pyridine rings is 1. The highest BCUT2D eigenvalue weighted by atomic mass is 19.4. The van der Waals surface area contributed by atoms with Crippen LogP contribution in [-0.2, 0) is 6.18 Å². The van der Waals surface area contributed by atoms with E-state index < -0.39 is 17.6 Å². The number of halogens is 3. The van der Waals surface area contributed by atoms with Crippen molar-refractivity contribution in [3.05, 3.63) is 53.9 Å². The normalized spacial score (nSPS) is 13.2. The van der Waals surface area contributed by atoms with Crippen molar-refractivity contribution in [1.82, 2.24) is 19.6 Å². The van der Waals surface area contributed by atoms with Crippen LogP contribution in [0.5, 0.6) is 11.5 Å². The van der Waals surface area contributed by atoms with E-state index in [2.05, 4.69) is 15.1 Å². The van der Waals surface area contributed by atoms with Crippen LogP contribution in [0.1, 0.15) is 11.3 Å². The molecule has 152 valence electrons. The topological polar surface area (TPSA) is 87.6 Å². The van der Waals surface area contributed by atoms with Gasteiger partial charge in [-0.05, 0) is 43.3 Å². The second kappa shape index (κ2) is 6.34. The lowest BCUT2D eigenvalue weighted by Gasteiger charge is -2.11. The molecule has 0 fully saturated rings. The summed E-state index contributed by atoms with van der Waals surface area (Å²) in [6, 6.07) is 9.91. The Bertz CT molecular complexity index is 1300. The zero-order chi connectivity index (χ0) is 21.0. The molecule has 3 aromatic heterocycles. The predicted octanol–water partition coefficient (Wildman–Crippen LogP) is 4.10. The van der Waals surface area contributed by atoms with Crippen molar-refractivity contribution < 1.29 is 22.6 Å². The van der Waals surface area contributed by atoms with Gasteiger partial charge in [0.15, 0.2) is 17.1 Å². The highest BCUT2D eigenvalue weighted by molar-refractivity contribution is 5.70. The van der Waals surface area contributed by atoms with Crippen LogP contribution in [0.3, 0.4) is 0 Å².